The molecule has 1 aromatic carbocycles. The molecule has 2 rings (SSSR count). The van der Waals surface area contributed by atoms with Gasteiger partial charge >= 0.3 is 0 Å². The molecule has 77 valence electrons. The molecule has 15 heavy (non-hydrogen) atoms. The minimum atomic E-state index is 1.21. The predicted molar refractivity (Wildman–Crippen MR) is 66.3 cm³/mol. The summed E-state index contributed by atoms with van der Waals surface area (Å²) in [4.78, 5) is 0. The molecular formula is C15H17. The molecule has 1 aliphatic rings. The van der Waals surface area contributed by atoms with Crippen LogP contribution in [0.5, 0.6) is 0 Å². The van der Waals surface area contributed by atoms with Crippen molar-refractivity contribution < 1.29 is 0 Å². The van der Waals surface area contributed by atoms with Gasteiger partial charge in [-0.2, -0.15) is 0 Å². The summed E-state index contributed by atoms with van der Waals surface area (Å²) in [7, 11) is 0. The smallest absolute Gasteiger partial charge is 0.0134 e. The first kappa shape index (κ1) is 10.2. The monoisotopic (exact) mass is 197 g/mol. The van der Waals surface area contributed by atoms with E-state index in [0.29, 0.717) is 0 Å². The molecule has 0 heteroatoms. The highest BCUT2D eigenvalue weighted by atomic mass is 14.1. The Hall–Kier alpha value is -1.30. The fraction of sp³-hybridized carbons (Fsp3) is 0.267. The van der Waals surface area contributed by atoms with Gasteiger partial charge in [0.2, 0.25) is 0 Å². The maximum Gasteiger partial charge on any atom is 0.0134 e. The van der Waals surface area contributed by atoms with Gasteiger partial charge in [-0.15, -0.1) is 0 Å². The van der Waals surface area contributed by atoms with E-state index in [2.05, 4.69) is 55.8 Å². The lowest BCUT2D eigenvalue weighted by Crippen LogP contribution is -1.79. The second-order valence-corrected chi connectivity index (χ2v) is 3.98. The molecule has 0 fully saturated rings. The molecule has 0 saturated carbocycles. The van der Waals surface area contributed by atoms with Crippen LogP contribution < -0.4 is 0 Å². The van der Waals surface area contributed by atoms with Crippen molar-refractivity contribution in [3.8, 4) is 0 Å². The SMILES string of the molecule is CCCCC1=C[CH]C(c2ccccc2)=C1. The Labute approximate surface area is 92.3 Å². The van der Waals surface area contributed by atoms with Gasteiger partial charge in [-0.1, -0.05) is 61.4 Å². The third-order valence-corrected chi connectivity index (χ3v) is 2.74. The van der Waals surface area contributed by atoms with Gasteiger partial charge in [0.15, 0.2) is 0 Å². The zero-order valence-corrected chi connectivity index (χ0v) is 9.24. The van der Waals surface area contributed by atoms with Crippen molar-refractivity contribution in [1.82, 2.24) is 0 Å². The number of benzene rings is 1. The molecular weight excluding hydrogens is 180 g/mol. The van der Waals surface area contributed by atoms with Crippen LogP contribution in [0.15, 0.2) is 48.1 Å². The number of rotatable bonds is 4. The largest absolute Gasteiger partial charge is 0.0728 e. The van der Waals surface area contributed by atoms with Crippen LogP contribution >= 0.6 is 0 Å². The second-order valence-electron chi connectivity index (χ2n) is 3.98. The molecule has 0 heterocycles. The minimum absolute atomic E-state index is 1.21. The Morgan fingerprint density at radius 2 is 1.87 bits per heavy atom. The van der Waals surface area contributed by atoms with Crippen molar-refractivity contribution in [2.75, 3.05) is 0 Å². The summed E-state index contributed by atoms with van der Waals surface area (Å²) < 4.78 is 0. The van der Waals surface area contributed by atoms with Gasteiger partial charge in [-0.3, -0.25) is 0 Å². The molecule has 0 unspecified atom stereocenters. The summed E-state index contributed by atoms with van der Waals surface area (Å²) in [5.74, 6) is 0. The molecule has 0 aromatic heterocycles. The molecule has 0 saturated heterocycles. The van der Waals surface area contributed by atoms with E-state index < -0.39 is 0 Å². The van der Waals surface area contributed by atoms with Crippen LogP contribution in [-0.2, 0) is 0 Å². The highest BCUT2D eigenvalue weighted by molar-refractivity contribution is 5.79. The summed E-state index contributed by atoms with van der Waals surface area (Å²) in [6.45, 7) is 2.24. The van der Waals surface area contributed by atoms with Gasteiger partial charge in [0, 0.05) is 6.42 Å². The number of hydrogen-bond donors (Lipinski definition) is 0. The van der Waals surface area contributed by atoms with Crippen molar-refractivity contribution >= 4 is 5.57 Å². The van der Waals surface area contributed by atoms with Gasteiger partial charge in [0.05, 0.1) is 0 Å². The van der Waals surface area contributed by atoms with E-state index >= 15 is 0 Å². The molecule has 0 spiro atoms. The number of allylic oxidation sites excluding steroid dienone is 4. The number of hydrogen-bond acceptors (Lipinski definition) is 0. The van der Waals surface area contributed by atoms with Crippen molar-refractivity contribution in [1.29, 1.82) is 0 Å². The maximum absolute atomic E-state index is 2.31. The molecule has 0 bridgehead atoms. The van der Waals surface area contributed by atoms with Gasteiger partial charge < -0.3 is 0 Å². The average Bonchev–Trinajstić information content (AvgIpc) is 2.76. The van der Waals surface area contributed by atoms with Crippen LogP contribution in [0.3, 0.4) is 0 Å². The Morgan fingerprint density at radius 1 is 1.07 bits per heavy atom. The molecule has 0 atom stereocenters. The van der Waals surface area contributed by atoms with Gasteiger partial charge in [0.25, 0.3) is 0 Å². The fourth-order valence-electron chi connectivity index (χ4n) is 1.84. The Balaban J connectivity index is 2.04. The lowest BCUT2D eigenvalue weighted by molar-refractivity contribution is 0.799. The summed E-state index contributed by atoms with van der Waals surface area (Å²) in [5.41, 5.74) is 4.14. The molecule has 0 nitrogen and oxygen atoms in total. The highest BCUT2D eigenvalue weighted by Gasteiger charge is 2.07. The fourth-order valence-corrected chi connectivity index (χ4v) is 1.84. The summed E-state index contributed by atoms with van der Waals surface area (Å²) >= 11 is 0. The minimum Gasteiger partial charge on any atom is -0.0728 e. The lowest BCUT2D eigenvalue weighted by Gasteiger charge is -2.00. The van der Waals surface area contributed by atoms with E-state index in [1.54, 1.807) is 0 Å². The van der Waals surface area contributed by atoms with Crippen LogP contribution in [0.4, 0.5) is 0 Å². The Kier molecular flexibility index (Phi) is 3.39. The first-order chi connectivity index (χ1) is 7.40. The van der Waals surface area contributed by atoms with E-state index in [9.17, 15) is 0 Å². The maximum atomic E-state index is 2.31. The zero-order valence-electron chi connectivity index (χ0n) is 9.24. The zero-order chi connectivity index (χ0) is 10.5. The number of unbranched alkanes of at least 4 members (excludes halogenated alkanes) is 1. The topological polar surface area (TPSA) is 0 Å². The van der Waals surface area contributed by atoms with E-state index in [1.807, 2.05) is 0 Å². The van der Waals surface area contributed by atoms with Gasteiger partial charge in [-0.25, -0.2) is 0 Å². The van der Waals surface area contributed by atoms with Crippen molar-refractivity contribution in [2.45, 2.75) is 26.2 Å². The predicted octanol–water partition coefficient (Wildman–Crippen LogP) is 4.40. The van der Waals surface area contributed by atoms with Crippen LogP contribution in [0.1, 0.15) is 31.7 Å². The molecule has 1 aromatic rings. The Bertz CT molecular complexity index is 368. The molecule has 1 aliphatic carbocycles. The quantitative estimate of drug-likeness (QED) is 0.671. The van der Waals surface area contributed by atoms with Crippen LogP contribution in [0.25, 0.3) is 5.57 Å². The first-order valence-corrected chi connectivity index (χ1v) is 5.71. The van der Waals surface area contributed by atoms with E-state index in [0.717, 1.165) is 0 Å². The van der Waals surface area contributed by atoms with E-state index in [1.165, 1.54) is 36.0 Å². The molecule has 0 aliphatic heterocycles. The average molecular weight is 197 g/mol. The van der Waals surface area contributed by atoms with Crippen LogP contribution in [-0.4, -0.2) is 0 Å². The Morgan fingerprint density at radius 3 is 2.60 bits per heavy atom. The van der Waals surface area contributed by atoms with E-state index in [4.69, 9.17) is 0 Å². The van der Waals surface area contributed by atoms with Crippen molar-refractivity contribution in [3.05, 3.63) is 60.0 Å². The van der Waals surface area contributed by atoms with Crippen LogP contribution in [0.2, 0.25) is 0 Å². The standard InChI is InChI=1S/C15H17/c1-2-3-7-13-10-11-15(12-13)14-8-5-4-6-9-14/h4-6,8-12H,2-3,7H2,1H3. The van der Waals surface area contributed by atoms with Gasteiger partial charge in [0.1, 0.15) is 0 Å². The second kappa shape index (κ2) is 4.97. The van der Waals surface area contributed by atoms with Crippen molar-refractivity contribution in [2.24, 2.45) is 0 Å². The third kappa shape index (κ3) is 2.59. The first-order valence-electron chi connectivity index (χ1n) is 5.71. The molecule has 0 amide bonds. The van der Waals surface area contributed by atoms with Crippen LogP contribution in [0, 0.1) is 6.42 Å². The molecule has 1 radical (unpaired) electrons. The molecule has 0 N–H and O–H groups in total. The van der Waals surface area contributed by atoms with Gasteiger partial charge in [-0.05, 0) is 24.0 Å². The normalized spacial score (nSPS) is 15.0. The third-order valence-electron chi connectivity index (χ3n) is 2.74. The van der Waals surface area contributed by atoms with E-state index in [-0.39, 0.29) is 0 Å². The summed E-state index contributed by atoms with van der Waals surface area (Å²) in [6.07, 6.45) is 10.6. The summed E-state index contributed by atoms with van der Waals surface area (Å²) in [6, 6.07) is 10.6. The van der Waals surface area contributed by atoms with Crippen molar-refractivity contribution in [3.63, 3.8) is 0 Å². The lowest BCUT2D eigenvalue weighted by atomic mass is 10.1. The summed E-state index contributed by atoms with van der Waals surface area (Å²) in [5, 5.41) is 0. The highest BCUT2D eigenvalue weighted by Crippen LogP contribution is 2.28.